The van der Waals surface area contributed by atoms with E-state index in [0.717, 1.165) is 17.5 Å². The van der Waals surface area contributed by atoms with E-state index in [1.165, 1.54) is 21.4 Å². The van der Waals surface area contributed by atoms with E-state index >= 15 is 0 Å². The molecule has 4 rings (SSSR count). The summed E-state index contributed by atoms with van der Waals surface area (Å²) in [7, 11) is 0. The maximum Gasteiger partial charge on any atom is 0.291 e. The van der Waals surface area contributed by atoms with Crippen molar-refractivity contribution in [3.05, 3.63) is 68.5 Å². The van der Waals surface area contributed by atoms with Crippen molar-refractivity contribution in [1.82, 2.24) is 14.6 Å². The molecular weight excluding hydrogens is 398 g/mol. The zero-order chi connectivity index (χ0) is 21.1. The van der Waals surface area contributed by atoms with Gasteiger partial charge >= 0.3 is 0 Å². The number of benzene rings is 2. The minimum Gasteiger partial charge on any atom is -0.490 e. The van der Waals surface area contributed by atoms with Crippen LogP contribution in [0, 0.1) is 6.92 Å². The summed E-state index contributed by atoms with van der Waals surface area (Å²) in [6.07, 6.45) is 2.76. The third-order valence-corrected chi connectivity index (χ3v) is 5.48. The Morgan fingerprint density at radius 2 is 1.87 bits per heavy atom. The molecule has 0 aliphatic heterocycles. The number of aromatic nitrogens is 3. The van der Waals surface area contributed by atoms with E-state index in [9.17, 15) is 4.79 Å². The Hall–Kier alpha value is -3.19. The number of thiazole rings is 1. The molecule has 0 amide bonds. The third kappa shape index (κ3) is 4.07. The van der Waals surface area contributed by atoms with Crippen molar-refractivity contribution in [1.29, 1.82) is 0 Å². The van der Waals surface area contributed by atoms with Crippen LogP contribution in [-0.2, 0) is 0 Å². The van der Waals surface area contributed by atoms with Gasteiger partial charge in [-0.15, -0.1) is 5.10 Å². The van der Waals surface area contributed by atoms with Gasteiger partial charge in [0.2, 0.25) is 4.96 Å². The van der Waals surface area contributed by atoms with Crippen molar-refractivity contribution in [2.45, 2.75) is 27.2 Å². The van der Waals surface area contributed by atoms with Crippen LogP contribution in [0.3, 0.4) is 0 Å². The first kappa shape index (κ1) is 20.1. The highest BCUT2D eigenvalue weighted by atomic mass is 32.1. The molecule has 0 radical (unpaired) electrons. The molecular formula is C23H23N3O3S. The Bertz CT molecular complexity index is 1280. The van der Waals surface area contributed by atoms with Crippen LogP contribution >= 0.6 is 11.3 Å². The number of aryl methyl sites for hydroxylation is 1. The van der Waals surface area contributed by atoms with Crippen molar-refractivity contribution >= 4 is 22.4 Å². The first-order chi connectivity index (χ1) is 14.6. The Kier molecular flexibility index (Phi) is 5.81. The Balaban J connectivity index is 1.70. The molecule has 7 heteroatoms. The number of rotatable bonds is 7. The van der Waals surface area contributed by atoms with E-state index in [-0.39, 0.29) is 5.56 Å². The van der Waals surface area contributed by atoms with E-state index in [1.54, 1.807) is 0 Å². The SMILES string of the molecule is CCCOc1ccc(C=c2sc3nc(-c4ccc(C)cc4)nn3c2=O)cc1OCC. The Morgan fingerprint density at radius 3 is 2.57 bits per heavy atom. The van der Waals surface area contributed by atoms with E-state index in [1.807, 2.05) is 62.4 Å². The smallest absolute Gasteiger partial charge is 0.291 e. The summed E-state index contributed by atoms with van der Waals surface area (Å²) in [6, 6.07) is 13.6. The molecule has 2 heterocycles. The summed E-state index contributed by atoms with van der Waals surface area (Å²) in [4.78, 5) is 17.9. The molecule has 0 atom stereocenters. The number of ether oxygens (including phenoxy) is 2. The van der Waals surface area contributed by atoms with E-state index in [0.29, 0.717) is 40.0 Å². The van der Waals surface area contributed by atoms with Gasteiger partial charge in [0.15, 0.2) is 17.3 Å². The van der Waals surface area contributed by atoms with Crippen molar-refractivity contribution in [3.63, 3.8) is 0 Å². The molecule has 0 unspecified atom stereocenters. The van der Waals surface area contributed by atoms with Gasteiger partial charge in [0, 0.05) is 5.56 Å². The lowest BCUT2D eigenvalue weighted by molar-refractivity contribution is 0.277. The molecule has 0 aliphatic rings. The summed E-state index contributed by atoms with van der Waals surface area (Å²) in [5.41, 5.74) is 2.75. The second kappa shape index (κ2) is 8.67. The topological polar surface area (TPSA) is 65.7 Å². The summed E-state index contributed by atoms with van der Waals surface area (Å²) >= 11 is 1.32. The third-order valence-electron chi connectivity index (χ3n) is 4.52. The van der Waals surface area contributed by atoms with Crippen molar-refractivity contribution in [2.24, 2.45) is 0 Å². The fourth-order valence-corrected chi connectivity index (χ4v) is 3.93. The quantitative estimate of drug-likeness (QED) is 0.453. The Labute approximate surface area is 178 Å². The fraction of sp³-hybridized carbons (Fsp3) is 0.261. The van der Waals surface area contributed by atoms with Crippen LogP contribution < -0.4 is 19.6 Å². The van der Waals surface area contributed by atoms with Crippen molar-refractivity contribution in [2.75, 3.05) is 13.2 Å². The molecule has 0 saturated heterocycles. The fourth-order valence-electron chi connectivity index (χ4n) is 3.02. The minimum absolute atomic E-state index is 0.176. The average molecular weight is 422 g/mol. The lowest BCUT2D eigenvalue weighted by Crippen LogP contribution is -2.23. The van der Waals surface area contributed by atoms with Gasteiger partial charge in [-0.25, -0.2) is 0 Å². The maximum atomic E-state index is 12.8. The van der Waals surface area contributed by atoms with Crippen LogP contribution in [0.4, 0.5) is 0 Å². The second-order valence-corrected chi connectivity index (χ2v) is 7.91. The predicted octanol–water partition coefficient (Wildman–Crippen LogP) is 3.86. The molecule has 2 aromatic heterocycles. The average Bonchev–Trinajstić information content (AvgIpc) is 3.28. The van der Waals surface area contributed by atoms with Crippen LogP contribution in [0.15, 0.2) is 47.3 Å². The summed E-state index contributed by atoms with van der Waals surface area (Å²) in [6.45, 7) is 7.19. The first-order valence-corrected chi connectivity index (χ1v) is 10.8. The monoisotopic (exact) mass is 421 g/mol. The van der Waals surface area contributed by atoms with Crippen LogP contribution in [0.2, 0.25) is 0 Å². The zero-order valence-corrected chi connectivity index (χ0v) is 18.0. The zero-order valence-electron chi connectivity index (χ0n) is 17.2. The highest BCUT2D eigenvalue weighted by Gasteiger charge is 2.12. The van der Waals surface area contributed by atoms with Crippen molar-refractivity contribution in [3.8, 4) is 22.9 Å². The van der Waals surface area contributed by atoms with Gasteiger partial charge in [-0.1, -0.05) is 54.2 Å². The maximum absolute atomic E-state index is 12.8. The van der Waals surface area contributed by atoms with E-state index < -0.39 is 0 Å². The standard InChI is InChI=1S/C23H23N3O3S/c1-4-12-29-18-11-8-16(13-19(18)28-5-2)14-20-22(27)26-23(30-20)24-21(25-26)17-9-6-15(3)7-10-17/h6-11,13-14H,4-5,12H2,1-3H3. The molecule has 6 nitrogen and oxygen atoms in total. The highest BCUT2D eigenvalue weighted by molar-refractivity contribution is 7.15. The second-order valence-electron chi connectivity index (χ2n) is 6.90. The molecule has 4 aromatic rings. The molecule has 2 aromatic carbocycles. The number of hydrogen-bond donors (Lipinski definition) is 0. The summed E-state index contributed by atoms with van der Waals surface area (Å²) in [5.74, 6) is 1.94. The van der Waals surface area contributed by atoms with Crippen LogP contribution in [0.5, 0.6) is 11.5 Å². The largest absolute Gasteiger partial charge is 0.490 e. The van der Waals surface area contributed by atoms with Gasteiger partial charge in [-0.3, -0.25) is 4.79 Å². The Morgan fingerprint density at radius 1 is 1.07 bits per heavy atom. The molecule has 0 bridgehead atoms. The summed E-state index contributed by atoms with van der Waals surface area (Å²) < 4.78 is 13.4. The molecule has 0 spiro atoms. The molecule has 0 fully saturated rings. The van der Waals surface area contributed by atoms with Crippen LogP contribution in [0.1, 0.15) is 31.4 Å². The predicted molar refractivity (Wildman–Crippen MR) is 119 cm³/mol. The van der Waals surface area contributed by atoms with Crippen molar-refractivity contribution < 1.29 is 9.47 Å². The van der Waals surface area contributed by atoms with Gasteiger partial charge in [-0.2, -0.15) is 9.50 Å². The molecule has 0 N–H and O–H groups in total. The lowest BCUT2D eigenvalue weighted by atomic mass is 10.1. The van der Waals surface area contributed by atoms with Gasteiger partial charge in [-0.05, 0) is 44.0 Å². The number of hydrogen-bond acceptors (Lipinski definition) is 6. The molecule has 30 heavy (non-hydrogen) atoms. The molecule has 0 saturated carbocycles. The van der Waals surface area contributed by atoms with Gasteiger partial charge in [0.05, 0.1) is 17.7 Å². The summed E-state index contributed by atoms with van der Waals surface area (Å²) in [5, 5.41) is 4.41. The minimum atomic E-state index is -0.176. The normalized spacial score (nSPS) is 11.9. The van der Waals surface area contributed by atoms with Gasteiger partial charge in [0.1, 0.15) is 0 Å². The first-order valence-electron chi connectivity index (χ1n) is 9.97. The van der Waals surface area contributed by atoms with Gasteiger partial charge < -0.3 is 9.47 Å². The molecule has 0 aliphatic carbocycles. The van der Waals surface area contributed by atoms with E-state index in [4.69, 9.17) is 9.47 Å². The van der Waals surface area contributed by atoms with E-state index in [2.05, 4.69) is 17.0 Å². The molecule has 154 valence electrons. The highest BCUT2D eigenvalue weighted by Crippen LogP contribution is 2.29. The van der Waals surface area contributed by atoms with Crippen LogP contribution in [0.25, 0.3) is 22.4 Å². The van der Waals surface area contributed by atoms with Crippen LogP contribution in [-0.4, -0.2) is 27.8 Å². The van der Waals surface area contributed by atoms with Gasteiger partial charge in [0.25, 0.3) is 5.56 Å². The number of nitrogens with zero attached hydrogens (tertiary/aromatic N) is 3. The lowest BCUT2D eigenvalue weighted by Gasteiger charge is -2.11. The number of fused-ring (bicyclic) bond motifs is 1.